The Morgan fingerprint density at radius 1 is 0.962 bits per heavy atom. The first-order chi connectivity index (χ1) is 11.1. The van der Waals surface area contributed by atoms with Gasteiger partial charge in [0.15, 0.2) is 9.84 Å². The van der Waals surface area contributed by atoms with Crippen molar-refractivity contribution in [3.05, 3.63) is 0 Å². The van der Waals surface area contributed by atoms with Crippen molar-refractivity contribution in [1.29, 1.82) is 0 Å². The van der Waals surface area contributed by atoms with Crippen molar-refractivity contribution in [2.75, 3.05) is 32.8 Å². The summed E-state index contributed by atoms with van der Waals surface area (Å²) in [5.74, 6) is 0. The molecule has 1 aliphatic rings. The molecule has 0 aliphatic carbocycles. The molecular formula is C19H43O5PS. The Balaban J connectivity index is 0. The predicted octanol–water partition coefficient (Wildman–Crippen LogP) is 4.83. The van der Waals surface area contributed by atoms with Crippen molar-refractivity contribution in [2.24, 2.45) is 0 Å². The molecule has 0 aromatic carbocycles. The first-order valence-electron chi connectivity index (χ1n) is 9.08. The number of hydrogen-bond acceptors (Lipinski definition) is 5. The van der Waals surface area contributed by atoms with Crippen molar-refractivity contribution >= 4 is 17.0 Å². The molecule has 0 spiro atoms. The Bertz CT molecular complexity index is 536. The number of rotatable bonds is 1. The van der Waals surface area contributed by atoms with E-state index in [4.69, 9.17) is 9.47 Å². The van der Waals surface area contributed by atoms with Crippen LogP contribution in [-0.2, 0) is 23.9 Å². The van der Waals surface area contributed by atoms with Crippen molar-refractivity contribution in [1.82, 2.24) is 0 Å². The third kappa shape index (κ3) is 14.2. The Kier molecular flexibility index (Phi) is 10.9. The van der Waals surface area contributed by atoms with Crippen LogP contribution in [0.4, 0.5) is 0 Å². The lowest BCUT2D eigenvalue weighted by atomic mass is 10.2. The number of ether oxygens (including phenoxy) is 2. The smallest absolute Gasteiger partial charge is 0.152 e. The normalized spacial score (nSPS) is 19.2. The Morgan fingerprint density at radius 3 is 1.46 bits per heavy atom. The highest BCUT2D eigenvalue weighted by atomic mass is 32.2. The minimum Gasteiger partial charge on any atom is -0.379 e. The standard InChI is InChI=1S/C8H16O2.C6H15OP.C5H12O2S/c1-8(2,3)10-7-4-5-9-6-7;1-6(2,3)8(4,5)7;1-5(2,3)8(4,6)7/h7H,4-6H2,1-3H3;1-5H3;1-4H3. The van der Waals surface area contributed by atoms with E-state index in [1.54, 1.807) is 20.8 Å². The van der Waals surface area contributed by atoms with Gasteiger partial charge in [-0.1, -0.05) is 20.8 Å². The fraction of sp³-hybridized carbons (Fsp3) is 1.00. The van der Waals surface area contributed by atoms with Crippen LogP contribution in [0.15, 0.2) is 0 Å². The summed E-state index contributed by atoms with van der Waals surface area (Å²) in [6.45, 7) is 22.6. The van der Waals surface area contributed by atoms with Gasteiger partial charge < -0.3 is 14.0 Å². The highest BCUT2D eigenvalue weighted by Crippen LogP contribution is 2.50. The van der Waals surface area contributed by atoms with Crippen LogP contribution in [-0.4, -0.2) is 62.8 Å². The molecule has 26 heavy (non-hydrogen) atoms. The van der Waals surface area contributed by atoms with Crippen LogP contribution < -0.4 is 0 Å². The van der Waals surface area contributed by atoms with Crippen LogP contribution in [0.2, 0.25) is 0 Å². The predicted molar refractivity (Wildman–Crippen MR) is 114 cm³/mol. The maximum absolute atomic E-state index is 11.2. The largest absolute Gasteiger partial charge is 0.379 e. The molecule has 160 valence electrons. The maximum Gasteiger partial charge on any atom is 0.152 e. The molecule has 1 saturated heterocycles. The molecule has 1 aliphatic heterocycles. The monoisotopic (exact) mass is 414 g/mol. The lowest BCUT2D eigenvalue weighted by Crippen LogP contribution is -2.27. The van der Waals surface area contributed by atoms with E-state index in [1.807, 2.05) is 34.1 Å². The van der Waals surface area contributed by atoms with E-state index in [-0.39, 0.29) is 10.8 Å². The zero-order chi connectivity index (χ0) is 21.6. The zero-order valence-electron chi connectivity index (χ0n) is 19.1. The fourth-order valence-corrected chi connectivity index (χ4v) is 1.11. The molecule has 1 heterocycles. The van der Waals surface area contributed by atoms with Gasteiger partial charge in [-0.25, -0.2) is 8.42 Å². The van der Waals surface area contributed by atoms with Gasteiger partial charge in [0.25, 0.3) is 0 Å². The maximum atomic E-state index is 11.2. The Labute approximate surface area is 162 Å². The topological polar surface area (TPSA) is 69.7 Å². The molecule has 5 nitrogen and oxygen atoms in total. The van der Waals surface area contributed by atoms with Gasteiger partial charge in [-0.15, -0.1) is 0 Å². The molecule has 0 bridgehead atoms. The molecular weight excluding hydrogens is 371 g/mol. The second-order valence-electron chi connectivity index (χ2n) is 10.1. The molecule has 0 N–H and O–H groups in total. The summed E-state index contributed by atoms with van der Waals surface area (Å²) < 4.78 is 42.8. The molecule has 0 radical (unpaired) electrons. The minimum atomic E-state index is -2.84. The van der Waals surface area contributed by atoms with E-state index in [9.17, 15) is 13.0 Å². The van der Waals surface area contributed by atoms with Crippen molar-refractivity contribution in [2.45, 2.75) is 90.3 Å². The van der Waals surface area contributed by atoms with E-state index in [0.717, 1.165) is 19.6 Å². The number of sulfone groups is 1. The van der Waals surface area contributed by atoms with Gasteiger partial charge in [0.05, 0.1) is 30.2 Å². The Hall–Kier alpha value is 0.1000. The van der Waals surface area contributed by atoms with Crippen LogP contribution in [0, 0.1) is 0 Å². The molecule has 1 rings (SSSR count). The summed E-state index contributed by atoms with van der Waals surface area (Å²) in [5, 5.41) is -0.00694. The van der Waals surface area contributed by atoms with Gasteiger partial charge >= 0.3 is 0 Å². The fourth-order valence-electron chi connectivity index (χ4n) is 1.11. The second-order valence-corrected chi connectivity index (χ2v) is 16.9. The summed E-state index contributed by atoms with van der Waals surface area (Å²) in [6.07, 6.45) is 2.63. The SMILES string of the molecule is CC(C)(C)OC1CCOC1.CC(C)(C)P(C)(C)=O.CC(C)(C)S(C)(=O)=O. The van der Waals surface area contributed by atoms with E-state index < -0.39 is 21.7 Å². The van der Waals surface area contributed by atoms with Crippen LogP contribution >= 0.6 is 7.14 Å². The molecule has 1 fully saturated rings. The zero-order valence-corrected chi connectivity index (χ0v) is 20.8. The summed E-state index contributed by atoms with van der Waals surface area (Å²) >= 11 is 0. The minimum absolute atomic E-state index is 0.00694. The number of hydrogen-bond donors (Lipinski definition) is 0. The second kappa shape index (κ2) is 10.0. The average molecular weight is 415 g/mol. The highest BCUT2D eigenvalue weighted by molar-refractivity contribution is 7.92. The van der Waals surface area contributed by atoms with Gasteiger partial charge in [-0.05, 0) is 61.3 Å². The lowest BCUT2D eigenvalue weighted by molar-refractivity contribution is -0.0605. The van der Waals surface area contributed by atoms with Crippen LogP contribution in [0.5, 0.6) is 0 Å². The van der Waals surface area contributed by atoms with Gasteiger partial charge in [-0.3, -0.25) is 0 Å². The van der Waals surface area contributed by atoms with Crippen LogP contribution in [0.3, 0.4) is 0 Å². The molecule has 0 saturated carbocycles. The molecule has 7 heteroatoms. The van der Waals surface area contributed by atoms with Crippen molar-refractivity contribution < 1.29 is 22.5 Å². The van der Waals surface area contributed by atoms with Gasteiger partial charge in [0, 0.05) is 18.0 Å². The molecule has 1 unspecified atom stereocenters. The van der Waals surface area contributed by atoms with Gasteiger partial charge in [0.2, 0.25) is 0 Å². The first kappa shape index (κ1) is 28.3. The van der Waals surface area contributed by atoms with E-state index in [1.165, 1.54) is 6.26 Å². The quantitative estimate of drug-likeness (QED) is 0.575. The van der Waals surface area contributed by atoms with Crippen LogP contribution in [0.1, 0.15) is 68.7 Å². The van der Waals surface area contributed by atoms with Crippen molar-refractivity contribution in [3.63, 3.8) is 0 Å². The summed E-state index contributed by atoms with van der Waals surface area (Å²) in [6, 6.07) is 0. The van der Waals surface area contributed by atoms with E-state index in [2.05, 4.69) is 20.8 Å². The van der Waals surface area contributed by atoms with Crippen LogP contribution in [0.25, 0.3) is 0 Å². The molecule has 0 aromatic heterocycles. The third-order valence-electron chi connectivity index (χ3n) is 4.14. The molecule has 0 amide bonds. The first-order valence-corrected chi connectivity index (χ1v) is 13.6. The Morgan fingerprint density at radius 2 is 1.31 bits per heavy atom. The summed E-state index contributed by atoms with van der Waals surface area (Å²) in [5.41, 5.74) is -0.0155. The van der Waals surface area contributed by atoms with E-state index >= 15 is 0 Å². The summed E-state index contributed by atoms with van der Waals surface area (Å²) in [7, 11) is -4.69. The summed E-state index contributed by atoms with van der Waals surface area (Å²) in [4.78, 5) is 0. The highest BCUT2D eigenvalue weighted by Gasteiger charge is 2.25. The van der Waals surface area contributed by atoms with Crippen molar-refractivity contribution in [3.8, 4) is 0 Å². The molecule has 1 atom stereocenters. The van der Waals surface area contributed by atoms with Gasteiger partial charge in [-0.2, -0.15) is 0 Å². The van der Waals surface area contributed by atoms with E-state index in [0.29, 0.717) is 6.10 Å². The average Bonchev–Trinajstić information content (AvgIpc) is 2.75. The molecule has 0 aromatic rings. The van der Waals surface area contributed by atoms with Gasteiger partial charge in [0.1, 0.15) is 0 Å². The third-order valence-corrected chi connectivity index (χ3v) is 9.59. The lowest BCUT2D eigenvalue weighted by Gasteiger charge is -2.23.